The van der Waals surface area contributed by atoms with E-state index in [1.54, 1.807) is 12.1 Å². The first kappa shape index (κ1) is 29.2. The van der Waals surface area contributed by atoms with E-state index in [0.717, 1.165) is 11.1 Å². The summed E-state index contributed by atoms with van der Waals surface area (Å²) in [5.41, 5.74) is 2.45. The summed E-state index contributed by atoms with van der Waals surface area (Å²) < 4.78 is 3.72. The molecule has 0 aromatic heterocycles. The second kappa shape index (κ2) is 19.4. The predicted octanol–water partition coefficient (Wildman–Crippen LogP) is 8.40. The third kappa shape index (κ3) is 13.8. The molecule has 2 N–H and O–H groups in total. The van der Waals surface area contributed by atoms with Gasteiger partial charge < -0.3 is 10.2 Å². The first-order valence-electron chi connectivity index (χ1n) is 10.3. The molecule has 0 aliphatic rings. The van der Waals surface area contributed by atoms with Gasteiger partial charge in [0.05, 0.1) is 19.0 Å². The van der Waals surface area contributed by atoms with Gasteiger partial charge in [0, 0.05) is 5.56 Å². The molecule has 0 atom stereocenters. The van der Waals surface area contributed by atoms with Gasteiger partial charge in [-0.3, -0.25) is 4.29 Å². The highest BCUT2D eigenvalue weighted by Gasteiger charge is 2.12. The highest BCUT2D eigenvalue weighted by atomic mass is 35.5. The van der Waals surface area contributed by atoms with Gasteiger partial charge in [0.2, 0.25) is 0 Å². The van der Waals surface area contributed by atoms with Crippen LogP contribution in [0, 0.1) is 0 Å². The summed E-state index contributed by atoms with van der Waals surface area (Å²) in [6.45, 7) is 12.3. The van der Waals surface area contributed by atoms with Crippen molar-refractivity contribution in [2.24, 2.45) is 0 Å². The highest BCUT2D eigenvalue weighted by Crippen LogP contribution is 2.35. The van der Waals surface area contributed by atoms with Crippen LogP contribution in [-0.2, 0) is 4.29 Å². The monoisotopic (exact) mass is 422 g/mol. The van der Waals surface area contributed by atoms with Gasteiger partial charge in [0.1, 0.15) is 11.5 Å². The average Bonchev–Trinajstić information content (AvgIpc) is 2.70. The Balaban J connectivity index is 0. The maximum absolute atomic E-state index is 9.95. The normalized spacial score (nSPS) is 9.69. The van der Waals surface area contributed by atoms with E-state index < -0.39 is 0 Å². The van der Waals surface area contributed by atoms with Crippen LogP contribution >= 0.6 is 11.9 Å². The Morgan fingerprint density at radius 1 is 0.897 bits per heavy atom. The van der Waals surface area contributed by atoms with Crippen LogP contribution in [0.3, 0.4) is 0 Å². The summed E-state index contributed by atoms with van der Waals surface area (Å²) in [5, 5.41) is 19.9. The topological polar surface area (TPSA) is 49.7 Å². The Bertz CT molecular complexity index is 627. The Morgan fingerprint density at radius 2 is 1.31 bits per heavy atom. The molecule has 0 spiro atoms. The Morgan fingerprint density at radius 3 is 1.66 bits per heavy atom. The SMILES string of the molecule is CC.CC(C)c1c(O)cc(/C=C/c2ccccc2)cc1O.CCCCC.COCl. The second-order valence-corrected chi connectivity index (χ2v) is 6.69. The molecule has 0 aliphatic heterocycles. The molecule has 0 heterocycles. The molecule has 4 heteroatoms. The number of aromatic hydroxyl groups is 2. The summed E-state index contributed by atoms with van der Waals surface area (Å²) >= 11 is 4.50. The summed E-state index contributed by atoms with van der Waals surface area (Å²) in [5.74, 6) is 0.373. The number of halogens is 1. The van der Waals surface area contributed by atoms with Gasteiger partial charge in [0.25, 0.3) is 0 Å². The third-order valence-electron chi connectivity index (χ3n) is 3.71. The minimum Gasteiger partial charge on any atom is -0.507 e. The zero-order valence-electron chi connectivity index (χ0n) is 19.1. The summed E-state index contributed by atoms with van der Waals surface area (Å²) in [6, 6.07) is 13.2. The molecule has 0 aliphatic carbocycles. The van der Waals surface area contributed by atoms with E-state index in [1.165, 1.54) is 26.4 Å². The van der Waals surface area contributed by atoms with Gasteiger partial charge in [-0.05, 0) is 29.2 Å². The van der Waals surface area contributed by atoms with Crippen molar-refractivity contribution in [3.05, 3.63) is 59.2 Å². The fourth-order valence-corrected chi connectivity index (χ4v) is 2.44. The van der Waals surface area contributed by atoms with Crippen molar-refractivity contribution in [2.45, 2.75) is 66.7 Å². The van der Waals surface area contributed by atoms with Crippen molar-refractivity contribution in [1.82, 2.24) is 0 Å². The van der Waals surface area contributed by atoms with Gasteiger partial charge in [-0.25, -0.2) is 0 Å². The Hall–Kier alpha value is -1.97. The third-order valence-corrected chi connectivity index (χ3v) is 3.71. The van der Waals surface area contributed by atoms with E-state index in [2.05, 4.69) is 30.0 Å². The molecular formula is C25H39ClO3. The number of hydrogen-bond donors (Lipinski definition) is 2. The minimum atomic E-state index is 0.0900. The maximum Gasteiger partial charge on any atom is 0.123 e. The van der Waals surface area contributed by atoms with Gasteiger partial charge in [-0.15, -0.1) is 0 Å². The maximum atomic E-state index is 9.95. The van der Waals surface area contributed by atoms with Crippen molar-refractivity contribution < 1.29 is 14.5 Å². The van der Waals surface area contributed by atoms with Crippen molar-refractivity contribution in [3.63, 3.8) is 0 Å². The molecule has 2 aromatic rings. The number of phenols is 2. The zero-order valence-corrected chi connectivity index (χ0v) is 19.8. The molecule has 3 nitrogen and oxygen atoms in total. The van der Waals surface area contributed by atoms with Crippen LogP contribution < -0.4 is 0 Å². The van der Waals surface area contributed by atoms with Gasteiger partial charge in [0.15, 0.2) is 0 Å². The molecule has 0 saturated heterocycles. The van der Waals surface area contributed by atoms with Crippen LogP contribution in [0.1, 0.15) is 83.4 Å². The highest BCUT2D eigenvalue weighted by molar-refractivity contribution is 6.07. The van der Waals surface area contributed by atoms with Gasteiger partial charge in [-0.1, -0.05) is 103 Å². The van der Waals surface area contributed by atoms with Crippen molar-refractivity contribution >= 4 is 24.0 Å². The lowest BCUT2D eigenvalue weighted by atomic mass is 9.98. The molecule has 0 amide bonds. The molecule has 0 bridgehead atoms. The summed E-state index contributed by atoms with van der Waals surface area (Å²) in [7, 11) is 1.39. The molecule has 0 saturated carbocycles. The van der Waals surface area contributed by atoms with E-state index in [-0.39, 0.29) is 17.4 Å². The summed E-state index contributed by atoms with van der Waals surface area (Å²) in [6.07, 6.45) is 7.90. The fourth-order valence-electron chi connectivity index (χ4n) is 2.44. The van der Waals surface area contributed by atoms with Crippen LogP contribution in [0.2, 0.25) is 0 Å². The minimum absolute atomic E-state index is 0.0900. The molecule has 2 rings (SSSR count). The molecular weight excluding hydrogens is 384 g/mol. The zero-order chi connectivity index (χ0) is 22.7. The van der Waals surface area contributed by atoms with Crippen LogP contribution in [-0.4, -0.2) is 17.3 Å². The van der Waals surface area contributed by atoms with Crippen molar-refractivity contribution in [1.29, 1.82) is 0 Å². The van der Waals surface area contributed by atoms with Crippen LogP contribution in [0.4, 0.5) is 0 Å². The molecule has 0 fully saturated rings. The summed E-state index contributed by atoms with van der Waals surface area (Å²) in [4.78, 5) is 0. The van der Waals surface area contributed by atoms with E-state index in [4.69, 9.17) is 0 Å². The lowest BCUT2D eigenvalue weighted by Gasteiger charge is -2.11. The van der Waals surface area contributed by atoms with Gasteiger partial charge in [-0.2, -0.15) is 0 Å². The lowest BCUT2D eigenvalue weighted by Crippen LogP contribution is -1.90. The van der Waals surface area contributed by atoms with E-state index in [1.807, 2.05) is 70.2 Å². The predicted molar refractivity (Wildman–Crippen MR) is 129 cm³/mol. The van der Waals surface area contributed by atoms with E-state index >= 15 is 0 Å². The van der Waals surface area contributed by atoms with Crippen molar-refractivity contribution in [3.8, 4) is 11.5 Å². The fraction of sp³-hybridized carbons (Fsp3) is 0.440. The van der Waals surface area contributed by atoms with E-state index in [9.17, 15) is 10.2 Å². The van der Waals surface area contributed by atoms with Gasteiger partial charge >= 0.3 is 0 Å². The van der Waals surface area contributed by atoms with E-state index in [0.29, 0.717) is 5.56 Å². The van der Waals surface area contributed by atoms with Crippen LogP contribution in [0.5, 0.6) is 11.5 Å². The van der Waals surface area contributed by atoms with Crippen LogP contribution in [0.15, 0.2) is 42.5 Å². The average molecular weight is 423 g/mol. The number of benzene rings is 2. The quantitative estimate of drug-likeness (QED) is 0.475. The lowest BCUT2D eigenvalue weighted by molar-refractivity contribution is 0.433. The molecule has 29 heavy (non-hydrogen) atoms. The molecule has 0 radical (unpaired) electrons. The Kier molecular flexibility index (Phi) is 19.5. The number of hydrogen-bond acceptors (Lipinski definition) is 3. The Labute approximate surface area is 183 Å². The first-order chi connectivity index (χ1) is 13.9. The smallest absolute Gasteiger partial charge is 0.123 e. The standard InChI is InChI=1S/C17H18O2.C5H12.C2H6.CH3ClO/c1-12(2)17-15(18)10-14(11-16(17)19)9-8-13-6-4-3-5-7-13;1-3-5-4-2;1-2;1-3-2/h3-12,18-19H,1-2H3;3-5H2,1-2H3;1-2H3;1H3/b9-8+;;;. The molecule has 2 aromatic carbocycles. The number of phenolic OH excluding ortho intramolecular Hbond substituents is 2. The number of unbranched alkanes of at least 4 members (excludes halogenated alkanes) is 2. The van der Waals surface area contributed by atoms with Crippen molar-refractivity contribution in [2.75, 3.05) is 7.11 Å². The molecule has 0 unspecified atom stereocenters. The molecule has 164 valence electrons. The largest absolute Gasteiger partial charge is 0.507 e. The van der Waals surface area contributed by atoms with Crippen LogP contribution in [0.25, 0.3) is 12.2 Å². The second-order valence-electron chi connectivity index (χ2n) is 6.38. The number of rotatable bonds is 5. The first-order valence-corrected chi connectivity index (χ1v) is 10.7.